The standard InChI is InChI=1S/C18H15ClFN3OS/c1-23(2)15-8-7-11(9-13(15)19)22-17(24)16-10-21-18(25-16)12-5-3-4-6-14(12)20/h3-10H,1-2H3,(H,22,24). The van der Waals surface area contributed by atoms with E-state index in [0.29, 0.717) is 26.2 Å². The number of amides is 1. The largest absolute Gasteiger partial charge is 0.376 e. The van der Waals surface area contributed by atoms with Crippen molar-refractivity contribution in [3.05, 3.63) is 64.4 Å². The number of hydrogen-bond donors (Lipinski definition) is 1. The van der Waals surface area contributed by atoms with Gasteiger partial charge in [-0.15, -0.1) is 11.3 Å². The summed E-state index contributed by atoms with van der Waals surface area (Å²) in [6.07, 6.45) is 1.44. The number of aromatic nitrogens is 1. The van der Waals surface area contributed by atoms with E-state index in [2.05, 4.69) is 10.3 Å². The first-order valence-corrected chi connectivity index (χ1v) is 8.64. The van der Waals surface area contributed by atoms with Gasteiger partial charge in [0, 0.05) is 25.3 Å². The van der Waals surface area contributed by atoms with Crippen LogP contribution in [0.4, 0.5) is 15.8 Å². The fraction of sp³-hybridized carbons (Fsp3) is 0.111. The Balaban J connectivity index is 1.79. The van der Waals surface area contributed by atoms with Crippen molar-refractivity contribution in [1.29, 1.82) is 0 Å². The molecule has 4 nitrogen and oxygen atoms in total. The summed E-state index contributed by atoms with van der Waals surface area (Å²) in [5, 5.41) is 3.78. The van der Waals surface area contributed by atoms with Crippen molar-refractivity contribution >= 4 is 40.2 Å². The molecular weight excluding hydrogens is 361 g/mol. The van der Waals surface area contributed by atoms with Gasteiger partial charge in [-0.2, -0.15) is 0 Å². The average molecular weight is 376 g/mol. The van der Waals surface area contributed by atoms with E-state index in [4.69, 9.17) is 11.6 Å². The van der Waals surface area contributed by atoms with Gasteiger partial charge >= 0.3 is 0 Å². The average Bonchev–Trinajstić information content (AvgIpc) is 3.05. The number of thiazole rings is 1. The number of nitrogens with one attached hydrogen (secondary N) is 1. The highest BCUT2D eigenvalue weighted by Gasteiger charge is 2.14. The van der Waals surface area contributed by atoms with E-state index in [1.165, 1.54) is 12.3 Å². The quantitative estimate of drug-likeness (QED) is 0.703. The van der Waals surface area contributed by atoms with E-state index >= 15 is 0 Å². The van der Waals surface area contributed by atoms with Crippen molar-refractivity contribution in [1.82, 2.24) is 4.98 Å². The Bertz CT molecular complexity index is 926. The first-order valence-electron chi connectivity index (χ1n) is 7.44. The Hall–Kier alpha value is -2.44. The minimum atomic E-state index is -0.366. The summed E-state index contributed by atoms with van der Waals surface area (Å²) < 4.78 is 13.8. The Morgan fingerprint density at radius 1 is 1.24 bits per heavy atom. The van der Waals surface area contributed by atoms with Crippen LogP contribution in [0.2, 0.25) is 5.02 Å². The number of nitrogens with zero attached hydrogens (tertiary/aromatic N) is 2. The van der Waals surface area contributed by atoms with Gasteiger partial charge in [-0.1, -0.05) is 23.7 Å². The third-order valence-corrected chi connectivity index (χ3v) is 4.85. The second kappa shape index (κ2) is 7.21. The smallest absolute Gasteiger partial charge is 0.267 e. The summed E-state index contributed by atoms with van der Waals surface area (Å²) in [7, 11) is 3.78. The molecule has 0 aliphatic rings. The van der Waals surface area contributed by atoms with Gasteiger partial charge in [-0.3, -0.25) is 4.79 Å². The minimum Gasteiger partial charge on any atom is -0.376 e. The van der Waals surface area contributed by atoms with Crippen molar-refractivity contribution in [2.45, 2.75) is 0 Å². The number of carbonyl (C=O) groups excluding carboxylic acids is 1. The fourth-order valence-corrected chi connectivity index (χ4v) is 3.47. The summed E-state index contributed by atoms with van der Waals surface area (Å²) in [6.45, 7) is 0. The molecule has 3 aromatic rings. The van der Waals surface area contributed by atoms with Gasteiger partial charge in [-0.25, -0.2) is 9.37 Å². The molecule has 1 amide bonds. The zero-order valence-electron chi connectivity index (χ0n) is 13.6. The van der Waals surface area contributed by atoms with Gasteiger partial charge in [0.05, 0.1) is 16.9 Å². The van der Waals surface area contributed by atoms with Crippen molar-refractivity contribution in [2.24, 2.45) is 0 Å². The zero-order chi connectivity index (χ0) is 18.0. The predicted molar refractivity (Wildman–Crippen MR) is 101 cm³/mol. The van der Waals surface area contributed by atoms with E-state index in [1.54, 1.807) is 30.3 Å². The maximum absolute atomic E-state index is 13.8. The Kier molecular flexibility index (Phi) is 5.01. The molecule has 1 N–H and O–H groups in total. The number of anilines is 2. The first-order chi connectivity index (χ1) is 12.0. The van der Waals surface area contributed by atoms with Crippen molar-refractivity contribution in [2.75, 3.05) is 24.3 Å². The van der Waals surface area contributed by atoms with Crippen LogP contribution in [0, 0.1) is 5.82 Å². The Morgan fingerprint density at radius 3 is 2.68 bits per heavy atom. The van der Waals surface area contributed by atoms with E-state index < -0.39 is 0 Å². The normalized spacial score (nSPS) is 10.6. The third-order valence-electron chi connectivity index (χ3n) is 3.52. The van der Waals surface area contributed by atoms with Crippen LogP contribution in [-0.4, -0.2) is 25.0 Å². The van der Waals surface area contributed by atoms with E-state index in [-0.39, 0.29) is 11.7 Å². The molecule has 1 aromatic heterocycles. The van der Waals surface area contributed by atoms with Crippen LogP contribution in [-0.2, 0) is 0 Å². The first kappa shape index (κ1) is 17.4. The predicted octanol–water partition coefficient (Wildman–Crippen LogP) is 4.92. The lowest BCUT2D eigenvalue weighted by Gasteiger charge is -2.15. The Morgan fingerprint density at radius 2 is 2.00 bits per heavy atom. The molecule has 0 unspecified atom stereocenters. The topological polar surface area (TPSA) is 45.2 Å². The molecule has 3 rings (SSSR count). The van der Waals surface area contributed by atoms with Gasteiger partial charge in [0.1, 0.15) is 15.7 Å². The highest BCUT2D eigenvalue weighted by atomic mass is 35.5. The maximum Gasteiger partial charge on any atom is 0.267 e. The van der Waals surface area contributed by atoms with Crippen LogP contribution in [0.15, 0.2) is 48.7 Å². The van der Waals surface area contributed by atoms with Gasteiger partial charge in [-0.05, 0) is 30.3 Å². The highest BCUT2D eigenvalue weighted by Crippen LogP contribution is 2.30. The lowest BCUT2D eigenvalue weighted by Crippen LogP contribution is -2.12. The lowest BCUT2D eigenvalue weighted by atomic mass is 10.2. The third kappa shape index (κ3) is 3.81. The Labute approximate surface area is 153 Å². The van der Waals surface area contributed by atoms with Crippen LogP contribution in [0.3, 0.4) is 0 Å². The molecule has 0 saturated heterocycles. The molecular formula is C18H15ClFN3OS. The fourth-order valence-electron chi connectivity index (χ4n) is 2.28. The monoisotopic (exact) mass is 375 g/mol. The molecule has 0 aliphatic heterocycles. The molecule has 0 radical (unpaired) electrons. The molecule has 0 aliphatic carbocycles. The molecule has 0 fully saturated rings. The van der Waals surface area contributed by atoms with E-state index in [0.717, 1.165) is 17.0 Å². The molecule has 7 heteroatoms. The molecule has 0 bridgehead atoms. The minimum absolute atomic E-state index is 0.311. The van der Waals surface area contributed by atoms with Crippen LogP contribution in [0.1, 0.15) is 9.67 Å². The molecule has 2 aromatic carbocycles. The highest BCUT2D eigenvalue weighted by molar-refractivity contribution is 7.17. The number of hydrogen-bond acceptors (Lipinski definition) is 4. The van der Waals surface area contributed by atoms with Gasteiger partial charge in [0.25, 0.3) is 5.91 Å². The van der Waals surface area contributed by atoms with E-state index in [9.17, 15) is 9.18 Å². The number of rotatable bonds is 4. The van der Waals surface area contributed by atoms with Gasteiger partial charge in [0.15, 0.2) is 0 Å². The van der Waals surface area contributed by atoms with Crippen LogP contribution < -0.4 is 10.2 Å². The zero-order valence-corrected chi connectivity index (χ0v) is 15.2. The second-order valence-corrected chi connectivity index (χ2v) is 6.96. The van der Waals surface area contributed by atoms with Gasteiger partial charge in [0.2, 0.25) is 0 Å². The molecule has 0 atom stereocenters. The molecule has 128 valence electrons. The molecule has 0 saturated carbocycles. The number of halogens is 2. The molecule has 25 heavy (non-hydrogen) atoms. The lowest BCUT2D eigenvalue weighted by molar-refractivity contribution is 0.103. The van der Waals surface area contributed by atoms with Crippen molar-refractivity contribution < 1.29 is 9.18 Å². The van der Waals surface area contributed by atoms with Crippen molar-refractivity contribution in [3.63, 3.8) is 0 Å². The SMILES string of the molecule is CN(C)c1ccc(NC(=O)c2cnc(-c3ccccc3F)s2)cc1Cl. The summed E-state index contributed by atoms with van der Waals surface area (Å²) in [5.74, 6) is -0.677. The summed E-state index contributed by atoms with van der Waals surface area (Å²) in [4.78, 5) is 18.8. The number of benzene rings is 2. The molecule has 1 heterocycles. The van der Waals surface area contributed by atoms with Crippen molar-refractivity contribution in [3.8, 4) is 10.6 Å². The van der Waals surface area contributed by atoms with Gasteiger partial charge < -0.3 is 10.2 Å². The number of carbonyl (C=O) groups is 1. The second-order valence-electron chi connectivity index (χ2n) is 5.52. The van der Waals surface area contributed by atoms with E-state index in [1.807, 2.05) is 25.1 Å². The van der Waals surface area contributed by atoms with Crippen LogP contribution in [0.25, 0.3) is 10.6 Å². The summed E-state index contributed by atoms with van der Waals surface area (Å²) in [6, 6.07) is 11.6. The maximum atomic E-state index is 13.8. The van der Waals surface area contributed by atoms with Crippen LogP contribution in [0.5, 0.6) is 0 Å². The molecule has 0 spiro atoms. The van der Waals surface area contributed by atoms with Crippen LogP contribution >= 0.6 is 22.9 Å². The summed E-state index contributed by atoms with van der Waals surface area (Å²) in [5.41, 5.74) is 1.82. The summed E-state index contributed by atoms with van der Waals surface area (Å²) >= 11 is 7.35.